The molecule has 0 aliphatic carbocycles. The topological polar surface area (TPSA) is 125 Å². The number of carboxylic acid groups (broad SMARTS) is 2. The Bertz CT molecular complexity index is 1260. The third kappa shape index (κ3) is 8.07. The van der Waals surface area contributed by atoms with Crippen molar-refractivity contribution in [3.63, 3.8) is 0 Å². The molecule has 13 heteroatoms. The van der Waals surface area contributed by atoms with E-state index in [1.807, 2.05) is 36.0 Å². The van der Waals surface area contributed by atoms with Gasteiger partial charge in [-0.1, -0.05) is 6.07 Å². The van der Waals surface area contributed by atoms with Crippen LogP contribution in [0.4, 0.5) is 24.5 Å². The summed E-state index contributed by atoms with van der Waals surface area (Å²) < 4.78 is 33.6. The van der Waals surface area contributed by atoms with Gasteiger partial charge in [-0.15, -0.1) is 11.3 Å². The lowest BCUT2D eigenvalue weighted by Crippen LogP contribution is -2.22. The number of rotatable bonds is 8. The van der Waals surface area contributed by atoms with Crippen LogP contribution in [0, 0.1) is 13.8 Å². The van der Waals surface area contributed by atoms with Crippen LogP contribution in [0.2, 0.25) is 0 Å². The highest BCUT2D eigenvalue weighted by atomic mass is 32.1. The number of hydrogen-bond acceptors (Lipinski definition) is 6. The maximum absolute atomic E-state index is 12.2. The maximum Gasteiger partial charge on any atom is 0.490 e. The minimum atomic E-state index is -5.08. The first-order chi connectivity index (χ1) is 17.2. The summed E-state index contributed by atoms with van der Waals surface area (Å²) in [5.41, 5.74) is 4.69. The van der Waals surface area contributed by atoms with Crippen molar-refractivity contribution in [2.75, 3.05) is 23.8 Å². The molecule has 0 bridgehead atoms. The van der Waals surface area contributed by atoms with Crippen LogP contribution in [-0.2, 0) is 18.3 Å². The molecule has 0 radical (unpaired) electrons. The molecular weight excluding hydrogens is 513 g/mol. The highest BCUT2D eigenvalue weighted by Crippen LogP contribution is 2.25. The SMILES string of the molecule is Cc1nn(C)c(C)c1CCCN(C)c1ccc(NC(=O)c2cccs2)cc1C(=O)O.O=C(O)C(F)(F)F. The molecule has 2 heterocycles. The fourth-order valence-corrected chi connectivity index (χ4v) is 4.13. The number of hydrogen-bond donors (Lipinski definition) is 3. The summed E-state index contributed by atoms with van der Waals surface area (Å²) in [6, 6.07) is 8.52. The number of carboxylic acids is 2. The van der Waals surface area contributed by atoms with E-state index in [1.165, 1.54) is 23.0 Å². The fraction of sp³-hybridized carbons (Fsp3) is 0.333. The third-order valence-electron chi connectivity index (χ3n) is 5.46. The van der Waals surface area contributed by atoms with Gasteiger partial charge in [0.2, 0.25) is 0 Å². The number of aliphatic carboxylic acids is 1. The molecule has 0 spiro atoms. The van der Waals surface area contributed by atoms with Gasteiger partial charge in [-0.05, 0) is 61.9 Å². The normalized spacial score (nSPS) is 10.9. The molecule has 37 heavy (non-hydrogen) atoms. The number of halogens is 3. The molecule has 0 aliphatic heterocycles. The molecule has 0 saturated heterocycles. The molecule has 3 N–H and O–H groups in total. The lowest BCUT2D eigenvalue weighted by atomic mass is 10.1. The molecule has 200 valence electrons. The standard InChI is InChI=1S/C22H26N4O3S.C2HF3O2/c1-14-17(15(2)26(4)24-14)7-5-11-25(3)19-10-9-16(13-18(19)22(28)29)23-21(27)20-8-6-12-30-20;3-2(4,5)1(6)7/h6,8-10,12-13H,5,7,11H2,1-4H3,(H,23,27)(H,28,29);(H,6,7). The molecule has 3 rings (SSSR count). The first-order valence-electron chi connectivity index (χ1n) is 10.9. The first-order valence-corrected chi connectivity index (χ1v) is 11.8. The van der Waals surface area contributed by atoms with Gasteiger partial charge in [0.05, 0.1) is 21.8 Å². The zero-order valence-corrected chi connectivity index (χ0v) is 21.4. The Labute approximate surface area is 215 Å². The Hall–Kier alpha value is -3.87. The quantitative estimate of drug-likeness (QED) is 0.377. The summed E-state index contributed by atoms with van der Waals surface area (Å²) in [7, 11) is 3.82. The molecule has 0 atom stereocenters. The average molecular weight is 541 g/mol. The Morgan fingerprint density at radius 3 is 2.30 bits per heavy atom. The second kappa shape index (κ2) is 12.4. The number of benzene rings is 1. The van der Waals surface area contributed by atoms with Crippen molar-refractivity contribution in [3.05, 3.63) is 63.1 Å². The van der Waals surface area contributed by atoms with Crippen LogP contribution in [-0.4, -0.2) is 57.6 Å². The molecule has 2 aromatic heterocycles. The van der Waals surface area contributed by atoms with Crippen LogP contribution in [0.5, 0.6) is 0 Å². The Morgan fingerprint density at radius 2 is 1.81 bits per heavy atom. The number of aryl methyl sites for hydroxylation is 2. The van der Waals surface area contributed by atoms with Crippen LogP contribution in [0.25, 0.3) is 0 Å². The van der Waals surface area contributed by atoms with Gasteiger partial charge in [0, 0.05) is 32.0 Å². The van der Waals surface area contributed by atoms with E-state index in [1.54, 1.807) is 24.3 Å². The lowest BCUT2D eigenvalue weighted by molar-refractivity contribution is -0.192. The smallest absolute Gasteiger partial charge is 0.478 e. The summed E-state index contributed by atoms with van der Waals surface area (Å²) in [6.07, 6.45) is -3.33. The van der Waals surface area contributed by atoms with Gasteiger partial charge in [-0.2, -0.15) is 18.3 Å². The second-order valence-electron chi connectivity index (χ2n) is 8.07. The Morgan fingerprint density at radius 1 is 1.16 bits per heavy atom. The van der Waals surface area contributed by atoms with Crippen molar-refractivity contribution in [2.45, 2.75) is 32.9 Å². The van der Waals surface area contributed by atoms with E-state index < -0.39 is 18.1 Å². The molecule has 0 saturated carbocycles. The first kappa shape index (κ1) is 29.4. The van der Waals surface area contributed by atoms with E-state index >= 15 is 0 Å². The number of aromatic carboxylic acids is 1. The van der Waals surface area contributed by atoms with E-state index in [-0.39, 0.29) is 11.5 Å². The molecule has 0 aliphatic rings. The summed E-state index contributed by atoms with van der Waals surface area (Å²) in [5, 5.41) is 25.8. The van der Waals surface area contributed by atoms with E-state index in [9.17, 15) is 27.9 Å². The minimum Gasteiger partial charge on any atom is -0.478 e. The van der Waals surface area contributed by atoms with Gasteiger partial charge in [0.15, 0.2) is 0 Å². The number of carbonyl (C=O) groups is 3. The summed E-state index contributed by atoms with van der Waals surface area (Å²) >= 11 is 1.34. The molecule has 3 aromatic rings. The third-order valence-corrected chi connectivity index (χ3v) is 6.33. The maximum atomic E-state index is 12.2. The van der Waals surface area contributed by atoms with Crippen molar-refractivity contribution in [2.24, 2.45) is 7.05 Å². The number of carbonyl (C=O) groups excluding carboxylic acids is 1. The van der Waals surface area contributed by atoms with Gasteiger partial charge >= 0.3 is 18.1 Å². The molecular formula is C24H27F3N4O5S. The molecule has 9 nitrogen and oxygen atoms in total. The molecule has 1 aromatic carbocycles. The highest BCUT2D eigenvalue weighted by Gasteiger charge is 2.38. The number of nitrogens with one attached hydrogen (secondary N) is 1. The van der Waals surface area contributed by atoms with Gasteiger partial charge in [-0.25, -0.2) is 9.59 Å². The number of aromatic nitrogens is 2. The Kier molecular flexibility index (Phi) is 9.83. The highest BCUT2D eigenvalue weighted by molar-refractivity contribution is 7.12. The van der Waals surface area contributed by atoms with Crippen LogP contribution in [0.1, 0.15) is 43.4 Å². The van der Waals surface area contributed by atoms with Gasteiger partial charge < -0.3 is 20.4 Å². The zero-order chi connectivity index (χ0) is 27.9. The summed E-state index contributed by atoms with van der Waals surface area (Å²) in [4.78, 5) is 35.5. The fourth-order valence-electron chi connectivity index (χ4n) is 3.51. The Balaban J connectivity index is 0.000000604. The monoisotopic (exact) mass is 540 g/mol. The van der Waals surface area contributed by atoms with Crippen molar-refractivity contribution < 1.29 is 37.8 Å². The summed E-state index contributed by atoms with van der Waals surface area (Å²) in [6.45, 7) is 4.78. The molecule has 0 unspecified atom stereocenters. The predicted octanol–water partition coefficient (Wildman–Crippen LogP) is 4.75. The number of amides is 1. The average Bonchev–Trinajstić information content (AvgIpc) is 3.43. The predicted molar refractivity (Wildman–Crippen MR) is 134 cm³/mol. The summed E-state index contributed by atoms with van der Waals surface area (Å²) in [5.74, 6) is -4.03. The van der Waals surface area contributed by atoms with Crippen molar-refractivity contribution >= 4 is 40.6 Å². The van der Waals surface area contributed by atoms with E-state index in [0.29, 0.717) is 22.8 Å². The van der Waals surface area contributed by atoms with E-state index in [2.05, 4.69) is 17.3 Å². The lowest BCUT2D eigenvalue weighted by Gasteiger charge is -2.22. The van der Waals surface area contributed by atoms with Crippen LogP contribution >= 0.6 is 11.3 Å². The molecule has 0 fully saturated rings. The van der Waals surface area contributed by atoms with Crippen LogP contribution in [0.3, 0.4) is 0 Å². The van der Waals surface area contributed by atoms with Gasteiger partial charge in [0.1, 0.15) is 0 Å². The largest absolute Gasteiger partial charge is 0.490 e. The van der Waals surface area contributed by atoms with Gasteiger partial charge in [0.25, 0.3) is 5.91 Å². The number of thiophene rings is 1. The van der Waals surface area contributed by atoms with Crippen molar-refractivity contribution in [1.29, 1.82) is 0 Å². The van der Waals surface area contributed by atoms with Crippen LogP contribution in [0.15, 0.2) is 35.7 Å². The van der Waals surface area contributed by atoms with E-state index in [4.69, 9.17) is 9.90 Å². The minimum absolute atomic E-state index is 0.162. The number of alkyl halides is 3. The molecule has 1 amide bonds. The number of anilines is 2. The van der Waals surface area contributed by atoms with Gasteiger partial charge in [-0.3, -0.25) is 9.48 Å². The zero-order valence-electron chi connectivity index (χ0n) is 20.6. The second-order valence-corrected chi connectivity index (χ2v) is 9.02. The van der Waals surface area contributed by atoms with Crippen molar-refractivity contribution in [1.82, 2.24) is 9.78 Å². The number of nitrogens with zero attached hydrogens (tertiary/aromatic N) is 3. The van der Waals surface area contributed by atoms with E-state index in [0.717, 1.165) is 24.2 Å². The van der Waals surface area contributed by atoms with Crippen LogP contribution < -0.4 is 10.2 Å². The van der Waals surface area contributed by atoms with Crippen molar-refractivity contribution in [3.8, 4) is 0 Å².